The molecule has 0 heterocycles. The van der Waals surface area contributed by atoms with Gasteiger partial charge in [-0.2, -0.15) is 5.26 Å². The maximum atomic E-state index is 11.8. The van der Waals surface area contributed by atoms with E-state index in [1.54, 1.807) is 50.9 Å². The molecule has 0 atom stereocenters. The molecule has 0 amide bonds. The van der Waals surface area contributed by atoms with Crippen molar-refractivity contribution < 1.29 is 9.84 Å². The molecule has 0 unspecified atom stereocenters. The Kier molecular flexibility index (Phi) is 6.01. The summed E-state index contributed by atoms with van der Waals surface area (Å²) >= 11 is 5.98. The second kappa shape index (κ2) is 7.30. The number of hydrogen-bond acceptors (Lipinski definition) is 5. The minimum Gasteiger partial charge on any atom is -0.594 e. The lowest BCUT2D eigenvalue weighted by Crippen LogP contribution is -2.31. The summed E-state index contributed by atoms with van der Waals surface area (Å²) in [5.41, 5.74) is 0.676. The van der Waals surface area contributed by atoms with Crippen LogP contribution in [0.4, 0.5) is 5.69 Å². The highest BCUT2D eigenvalue weighted by molar-refractivity contribution is 6.30. The van der Waals surface area contributed by atoms with Gasteiger partial charge in [-0.25, -0.2) is 4.99 Å². The van der Waals surface area contributed by atoms with Crippen molar-refractivity contribution in [2.75, 3.05) is 13.6 Å². The zero-order valence-corrected chi connectivity index (χ0v) is 13.4. The van der Waals surface area contributed by atoms with Crippen molar-refractivity contribution in [2.45, 2.75) is 32.9 Å². The number of aliphatic imine (C=N–C) groups is 1. The molecule has 0 aliphatic rings. The van der Waals surface area contributed by atoms with Gasteiger partial charge in [0.25, 0.3) is 0 Å². The van der Waals surface area contributed by atoms with E-state index in [9.17, 15) is 5.11 Å². The molecule has 0 saturated heterocycles. The third kappa shape index (κ3) is 6.48. The molecule has 0 aliphatic carbocycles. The largest absolute Gasteiger partial charge is 0.594 e. The Hall–Kier alpha value is -1.77. The van der Waals surface area contributed by atoms with Crippen molar-refractivity contribution >= 4 is 23.4 Å². The summed E-state index contributed by atoms with van der Waals surface area (Å²) in [5.74, 6) is 0. The molecule has 0 saturated carbocycles. The van der Waals surface area contributed by atoms with Gasteiger partial charge in [0, 0.05) is 17.2 Å². The van der Waals surface area contributed by atoms with Crippen molar-refractivity contribution in [1.29, 1.82) is 5.26 Å². The molecule has 0 bridgehead atoms. The summed E-state index contributed by atoms with van der Waals surface area (Å²) in [6, 6.07) is 7.13. The summed E-state index contributed by atoms with van der Waals surface area (Å²) in [5, 5.41) is 21.0. The van der Waals surface area contributed by atoms with Gasteiger partial charge in [0.2, 0.25) is 0 Å². The number of halogens is 1. The van der Waals surface area contributed by atoms with Crippen LogP contribution >= 0.6 is 11.6 Å². The van der Waals surface area contributed by atoms with Crippen molar-refractivity contribution in [3.05, 3.63) is 28.8 Å². The summed E-state index contributed by atoms with van der Waals surface area (Å²) in [6.07, 6.45) is -0.644. The van der Waals surface area contributed by atoms with Gasteiger partial charge in [-0.15, -0.1) is 0 Å². The fourth-order valence-electron chi connectivity index (χ4n) is 1.64. The summed E-state index contributed by atoms with van der Waals surface area (Å²) in [6.45, 7) is 6.09. The van der Waals surface area contributed by atoms with Crippen LogP contribution in [0.25, 0.3) is 0 Å². The zero-order chi connectivity index (χ0) is 16.0. The van der Waals surface area contributed by atoms with Crippen molar-refractivity contribution in [1.82, 2.24) is 4.90 Å². The van der Waals surface area contributed by atoms with Gasteiger partial charge in [0.1, 0.15) is 0 Å². The van der Waals surface area contributed by atoms with E-state index in [4.69, 9.17) is 21.6 Å². The van der Waals surface area contributed by atoms with E-state index in [1.807, 2.05) is 0 Å². The van der Waals surface area contributed by atoms with Crippen LogP contribution in [-0.4, -0.2) is 30.2 Å². The Morgan fingerprint density at radius 3 is 2.71 bits per heavy atom. The van der Waals surface area contributed by atoms with E-state index in [-0.39, 0.29) is 6.54 Å². The van der Waals surface area contributed by atoms with E-state index in [0.717, 1.165) is 5.56 Å². The molecular weight excluding hydrogens is 290 g/mol. The van der Waals surface area contributed by atoms with E-state index in [0.29, 0.717) is 17.3 Å². The van der Waals surface area contributed by atoms with Gasteiger partial charge in [0.15, 0.2) is 6.08 Å². The first-order valence-electron chi connectivity index (χ1n) is 6.50. The van der Waals surface area contributed by atoms with Gasteiger partial charge in [-0.05, 0) is 30.8 Å². The summed E-state index contributed by atoms with van der Waals surface area (Å²) in [4.78, 5) is 5.77. The Labute approximate surface area is 130 Å². The van der Waals surface area contributed by atoms with Crippen LogP contribution in [-0.2, 0) is 11.3 Å². The SMILES string of the molecule is CN(CC#N)Cc1cc(Cl)ccc1N=C([O-])OC(C)(C)C. The molecule has 0 N–H and O–H groups in total. The van der Waals surface area contributed by atoms with Crippen LogP contribution in [0.15, 0.2) is 23.2 Å². The standard InChI is InChI=1S/C15H20ClN3O2/c1-15(2,3)21-14(20)18-13-6-5-12(16)9-11(13)10-19(4)8-7-17/h5-6,9H,8,10H2,1-4H3,(H,18,20)/p-1. The van der Waals surface area contributed by atoms with Gasteiger partial charge < -0.3 is 9.84 Å². The van der Waals surface area contributed by atoms with Crippen LogP contribution < -0.4 is 5.11 Å². The maximum Gasteiger partial charge on any atom is 0.151 e. The lowest BCUT2D eigenvalue weighted by molar-refractivity contribution is -0.259. The number of benzene rings is 1. The van der Waals surface area contributed by atoms with Crippen LogP contribution in [0.1, 0.15) is 26.3 Å². The average Bonchev–Trinajstić information content (AvgIpc) is 2.30. The lowest BCUT2D eigenvalue weighted by Gasteiger charge is -2.29. The fraction of sp³-hybridized carbons (Fsp3) is 0.467. The summed E-state index contributed by atoms with van der Waals surface area (Å²) < 4.78 is 5.17. The Balaban J connectivity index is 3.01. The van der Waals surface area contributed by atoms with Crippen LogP contribution in [0.2, 0.25) is 5.02 Å². The number of nitriles is 1. The molecule has 1 aromatic carbocycles. The van der Waals surface area contributed by atoms with E-state index >= 15 is 0 Å². The zero-order valence-electron chi connectivity index (χ0n) is 12.7. The Bertz CT molecular complexity index is 559. The fourth-order valence-corrected chi connectivity index (χ4v) is 1.84. The van der Waals surface area contributed by atoms with Gasteiger partial charge in [0.05, 0.1) is 18.3 Å². The van der Waals surface area contributed by atoms with E-state index in [1.165, 1.54) is 0 Å². The maximum absolute atomic E-state index is 11.8. The van der Waals surface area contributed by atoms with Crippen molar-refractivity contribution in [3.8, 4) is 6.07 Å². The topological polar surface area (TPSA) is 71.7 Å². The van der Waals surface area contributed by atoms with Gasteiger partial charge in [-0.1, -0.05) is 32.4 Å². The van der Waals surface area contributed by atoms with Crippen LogP contribution in [0.5, 0.6) is 0 Å². The first-order chi connectivity index (χ1) is 9.71. The highest BCUT2D eigenvalue weighted by Gasteiger charge is 2.08. The molecule has 21 heavy (non-hydrogen) atoms. The molecule has 1 rings (SSSR count). The van der Waals surface area contributed by atoms with E-state index < -0.39 is 11.7 Å². The molecule has 0 aliphatic heterocycles. The normalized spacial score (nSPS) is 12.3. The number of hydrogen-bond donors (Lipinski definition) is 0. The lowest BCUT2D eigenvalue weighted by atomic mass is 10.1. The molecule has 114 valence electrons. The number of nitrogens with zero attached hydrogens (tertiary/aromatic N) is 3. The first kappa shape index (κ1) is 17.3. The molecule has 1 aromatic rings. The Morgan fingerprint density at radius 2 is 2.14 bits per heavy atom. The van der Waals surface area contributed by atoms with Crippen LogP contribution in [0, 0.1) is 11.3 Å². The van der Waals surface area contributed by atoms with Crippen molar-refractivity contribution in [3.63, 3.8) is 0 Å². The number of rotatable bonds is 4. The first-order valence-corrected chi connectivity index (χ1v) is 6.87. The molecule has 0 radical (unpaired) electrons. The minimum atomic E-state index is -0.644. The van der Waals surface area contributed by atoms with E-state index in [2.05, 4.69) is 11.1 Å². The van der Waals surface area contributed by atoms with Gasteiger partial charge >= 0.3 is 0 Å². The molecule has 0 fully saturated rings. The third-order valence-corrected chi connectivity index (χ3v) is 2.66. The Morgan fingerprint density at radius 1 is 1.48 bits per heavy atom. The second-order valence-corrected chi connectivity index (χ2v) is 6.13. The molecule has 0 spiro atoms. The predicted molar refractivity (Wildman–Crippen MR) is 81.3 cm³/mol. The monoisotopic (exact) mass is 308 g/mol. The average molecular weight is 309 g/mol. The molecule has 5 nitrogen and oxygen atoms in total. The molecular formula is C15H19ClN3O2-. The number of ether oxygens (including phenoxy) is 1. The molecule has 6 heteroatoms. The minimum absolute atomic E-state index is 0.276. The van der Waals surface area contributed by atoms with Gasteiger partial charge in [-0.3, -0.25) is 4.90 Å². The van der Waals surface area contributed by atoms with Crippen LogP contribution in [0.3, 0.4) is 0 Å². The highest BCUT2D eigenvalue weighted by Crippen LogP contribution is 2.25. The third-order valence-electron chi connectivity index (χ3n) is 2.43. The second-order valence-electron chi connectivity index (χ2n) is 5.70. The summed E-state index contributed by atoms with van der Waals surface area (Å²) in [7, 11) is 1.81. The van der Waals surface area contributed by atoms with Crippen molar-refractivity contribution in [2.24, 2.45) is 4.99 Å². The smallest absolute Gasteiger partial charge is 0.151 e. The quantitative estimate of drug-likeness (QED) is 0.486. The molecule has 0 aromatic heterocycles. The highest BCUT2D eigenvalue weighted by atomic mass is 35.5. The predicted octanol–water partition coefficient (Wildman–Crippen LogP) is 2.46.